The number of carbonyl (C=O) groups excluding carboxylic acids is 1. The van der Waals surface area contributed by atoms with Crippen molar-refractivity contribution in [1.82, 2.24) is 4.98 Å². The first-order chi connectivity index (χ1) is 9.02. The lowest BCUT2D eigenvalue weighted by Crippen LogP contribution is -2.14. The quantitative estimate of drug-likeness (QED) is 0.923. The van der Waals surface area contributed by atoms with Gasteiger partial charge in [0, 0.05) is 5.56 Å². The minimum Gasteiger partial charge on any atom is -0.495 e. The maximum absolute atomic E-state index is 13.2. The first kappa shape index (κ1) is 12.9. The molecule has 1 aromatic heterocycles. The second-order valence-corrected chi connectivity index (χ2v) is 3.76. The topological polar surface area (TPSA) is 65.2 Å². The van der Waals surface area contributed by atoms with E-state index in [1.165, 1.54) is 25.4 Å². The molecule has 1 aromatic carbocycles. The highest BCUT2D eigenvalue weighted by molar-refractivity contribution is 5.98. The van der Waals surface area contributed by atoms with Gasteiger partial charge in [0.2, 0.25) is 0 Å². The summed E-state index contributed by atoms with van der Waals surface area (Å²) in [7, 11) is 1.43. The molecular weight excluding hydrogens is 254 g/mol. The molecule has 0 bridgehead atoms. The van der Waals surface area contributed by atoms with Crippen LogP contribution in [-0.2, 0) is 0 Å². The average Bonchev–Trinajstić information content (AvgIpc) is 2.41. The van der Waals surface area contributed by atoms with E-state index in [0.29, 0.717) is 11.3 Å². The maximum Gasteiger partial charge on any atom is 0.267 e. The molecule has 1 amide bonds. The summed E-state index contributed by atoms with van der Waals surface area (Å²) in [4.78, 5) is 15.2. The van der Waals surface area contributed by atoms with Gasteiger partial charge in [0.25, 0.3) is 5.91 Å². The van der Waals surface area contributed by atoms with Crippen molar-refractivity contribution in [3.8, 4) is 16.9 Å². The van der Waals surface area contributed by atoms with Crippen LogP contribution in [0, 0.1) is 11.6 Å². The van der Waals surface area contributed by atoms with Crippen LogP contribution in [0.5, 0.6) is 5.75 Å². The van der Waals surface area contributed by atoms with Gasteiger partial charge in [0.1, 0.15) is 11.4 Å². The monoisotopic (exact) mass is 264 g/mol. The summed E-state index contributed by atoms with van der Waals surface area (Å²) in [6.07, 6.45) is 1.32. The lowest BCUT2D eigenvalue weighted by Gasteiger charge is -2.08. The Kier molecular flexibility index (Phi) is 3.41. The van der Waals surface area contributed by atoms with Crippen LogP contribution >= 0.6 is 0 Å². The number of nitrogens with zero attached hydrogens (tertiary/aromatic N) is 1. The molecule has 0 saturated carbocycles. The largest absolute Gasteiger partial charge is 0.495 e. The SMILES string of the molecule is COc1cnc(C(N)=O)c(-c2ccc(F)c(F)c2)c1. The third kappa shape index (κ3) is 2.52. The molecule has 0 aliphatic carbocycles. The fourth-order valence-electron chi connectivity index (χ4n) is 1.64. The molecule has 4 nitrogen and oxygen atoms in total. The summed E-state index contributed by atoms with van der Waals surface area (Å²) in [5.74, 6) is -2.37. The van der Waals surface area contributed by atoms with E-state index in [0.717, 1.165) is 12.1 Å². The number of halogens is 2. The second-order valence-electron chi connectivity index (χ2n) is 3.76. The Morgan fingerprint density at radius 1 is 1.26 bits per heavy atom. The van der Waals surface area contributed by atoms with Crippen molar-refractivity contribution in [3.05, 3.63) is 47.8 Å². The van der Waals surface area contributed by atoms with Gasteiger partial charge in [-0.25, -0.2) is 13.8 Å². The van der Waals surface area contributed by atoms with Crippen LogP contribution in [-0.4, -0.2) is 18.0 Å². The Morgan fingerprint density at radius 3 is 2.58 bits per heavy atom. The molecule has 19 heavy (non-hydrogen) atoms. The molecule has 1 heterocycles. The molecule has 0 saturated heterocycles. The number of benzene rings is 1. The molecule has 98 valence electrons. The fourth-order valence-corrected chi connectivity index (χ4v) is 1.64. The van der Waals surface area contributed by atoms with Gasteiger partial charge in [-0.3, -0.25) is 4.79 Å². The van der Waals surface area contributed by atoms with E-state index in [-0.39, 0.29) is 11.3 Å². The van der Waals surface area contributed by atoms with Crippen molar-refractivity contribution in [2.75, 3.05) is 7.11 Å². The number of primary amides is 1. The summed E-state index contributed by atoms with van der Waals surface area (Å²) in [6, 6.07) is 4.76. The van der Waals surface area contributed by atoms with Crippen LogP contribution in [0.15, 0.2) is 30.5 Å². The third-order valence-corrected chi connectivity index (χ3v) is 2.56. The highest BCUT2D eigenvalue weighted by Gasteiger charge is 2.14. The molecule has 0 radical (unpaired) electrons. The Balaban J connectivity index is 2.64. The van der Waals surface area contributed by atoms with Gasteiger partial charge < -0.3 is 10.5 Å². The highest BCUT2D eigenvalue weighted by Crippen LogP contribution is 2.27. The zero-order valence-corrected chi connectivity index (χ0v) is 9.98. The van der Waals surface area contributed by atoms with Crippen molar-refractivity contribution >= 4 is 5.91 Å². The number of methoxy groups -OCH3 is 1. The number of hydrogen-bond donors (Lipinski definition) is 1. The van der Waals surface area contributed by atoms with Gasteiger partial charge in [-0.05, 0) is 23.8 Å². The van der Waals surface area contributed by atoms with Crippen LogP contribution in [0.25, 0.3) is 11.1 Å². The number of amides is 1. The molecule has 0 aliphatic heterocycles. The molecule has 0 aliphatic rings. The molecule has 6 heteroatoms. The molecule has 2 N–H and O–H groups in total. The molecule has 2 rings (SSSR count). The Hall–Kier alpha value is -2.50. The van der Waals surface area contributed by atoms with Gasteiger partial charge in [0.15, 0.2) is 11.6 Å². The molecule has 0 atom stereocenters. The maximum atomic E-state index is 13.2. The zero-order valence-electron chi connectivity index (χ0n) is 9.98. The van der Waals surface area contributed by atoms with Gasteiger partial charge in [-0.1, -0.05) is 6.07 Å². The van der Waals surface area contributed by atoms with E-state index >= 15 is 0 Å². The van der Waals surface area contributed by atoms with Crippen molar-refractivity contribution in [2.45, 2.75) is 0 Å². The fraction of sp³-hybridized carbons (Fsp3) is 0.0769. The lowest BCUT2D eigenvalue weighted by atomic mass is 10.0. The summed E-state index contributed by atoms with van der Waals surface area (Å²) in [6.45, 7) is 0. The minimum atomic E-state index is -1.02. The third-order valence-electron chi connectivity index (χ3n) is 2.56. The number of rotatable bonds is 3. The van der Waals surface area contributed by atoms with Gasteiger partial charge in [-0.15, -0.1) is 0 Å². The zero-order chi connectivity index (χ0) is 14.0. The molecular formula is C13H10F2N2O2. The number of ether oxygens (including phenoxy) is 1. The van der Waals surface area contributed by atoms with E-state index in [1.54, 1.807) is 0 Å². The van der Waals surface area contributed by atoms with Crippen LogP contribution in [0.1, 0.15) is 10.5 Å². The van der Waals surface area contributed by atoms with Crippen molar-refractivity contribution < 1.29 is 18.3 Å². The summed E-state index contributed by atoms with van der Waals surface area (Å²) in [5, 5.41) is 0. The average molecular weight is 264 g/mol. The van der Waals surface area contributed by atoms with Crippen molar-refractivity contribution in [3.63, 3.8) is 0 Å². The Labute approximate surface area is 107 Å². The summed E-state index contributed by atoms with van der Waals surface area (Å²) < 4.78 is 31.1. The van der Waals surface area contributed by atoms with Crippen LogP contribution < -0.4 is 10.5 Å². The Morgan fingerprint density at radius 2 is 2.00 bits per heavy atom. The van der Waals surface area contributed by atoms with E-state index in [1.807, 2.05) is 0 Å². The van der Waals surface area contributed by atoms with E-state index in [2.05, 4.69) is 4.98 Å². The smallest absolute Gasteiger partial charge is 0.267 e. The first-order valence-electron chi connectivity index (χ1n) is 5.32. The van der Waals surface area contributed by atoms with Crippen molar-refractivity contribution in [1.29, 1.82) is 0 Å². The number of nitrogens with two attached hydrogens (primary N) is 1. The number of pyridine rings is 1. The predicted molar refractivity (Wildman–Crippen MR) is 64.7 cm³/mol. The van der Waals surface area contributed by atoms with E-state index in [9.17, 15) is 13.6 Å². The molecule has 0 spiro atoms. The lowest BCUT2D eigenvalue weighted by molar-refractivity contribution is 0.0996. The highest BCUT2D eigenvalue weighted by atomic mass is 19.2. The Bertz CT molecular complexity index is 645. The summed E-state index contributed by atoms with van der Waals surface area (Å²) in [5.41, 5.74) is 5.74. The molecule has 0 fully saturated rings. The van der Waals surface area contributed by atoms with Crippen molar-refractivity contribution in [2.24, 2.45) is 5.73 Å². The minimum absolute atomic E-state index is 0.0354. The van der Waals surface area contributed by atoms with Crippen LogP contribution in [0.4, 0.5) is 8.78 Å². The normalized spacial score (nSPS) is 10.3. The summed E-state index contributed by atoms with van der Waals surface area (Å²) >= 11 is 0. The number of aromatic nitrogens is 1. The standard InChI is InChI=1S/C13H10F2N2O2/c1-19-8-5-9(12(13(16)18)17-6-8)7-2-3-10(14)11(15)4-7/h2-6H,1H3,(H2,16,18). The second kappa shape index (κ2) is 5.01. The number of carbonyl (C=O) groups is 1. The number of hydrogen-bond acceptors (Lipinski definition) is 3. The van der Waals surface area contributed by atoms with Gasteiger partial charge >= 0.3 is 0 Å². The predicted octanol–water partition coefficient (Wildman–Crippen LogP) is 2.13. The van der Waals surface area contributed by atoms with E-state index in [4.69, 9.17) is 10.5 Å². The van der Waals surface area contributed by atoms with E-state index < -0.39 is 17.5 Å². The van der Waals surface area contributed by atoms with Gasteiger partial charge in [-0.2, -0.15) is 0 Å². The van der Waals surface area contributed by atoms with Crippen LogP contribution in [0.3, 0.4) is 0 Å². The first-order valence-corrected chi connectivity index (χ1v) is 5.32. The molecule has 2 aromatic rings. The van der Waals surface area contributed by atoms with Gasteiger partial charge in [0.05, 0.1) is 13.3 Å². The molecule has 0 unspecified atom stereocenters. The van der Waals surface area contributed by atoms with Crippen LogP contribution in [0.2, 0.25) is 0 Å².